The van der Waals surface area contributed by atoms with Crippen molar-refractivity contribution < 1.29 is 19.4 Å². The molecule has 0 spiro atoms. The van der Waals surface area contributed by atoms with E-state index >= 15 is 0 Å². The van der Waals surface area contributed by atoms with Gasteiger partial charge in [0.25, 0.3) is 0 Å². The van der Waals surface area contributed by atoms with Crippen LogP contribution in [0.4, 0.5) is 0 Å². The molecule has 0 fully saturated rings. The van der Waals surface area contributed by atoms with Gasteiger partial charge in [0.15, 0.2) is 11.5 Å². The van der Waals surface area contributed by atoms with Crippen LogP contribution >= 0.6 is 11.6 Å². The molecular formula is C17H17ClO4. The molecular weight excluding hydrogens is 304 g/mol. The first-order valence-electron chi connectivity index (χ1n) is 6.75. The summed E-state index contributed by atoms with van der Waals surface area (Å²) in [5, 5.41) is 9.89. The number of hydrogen-bond donors (Lipinski definition) is 1. The molecule has 4 nitrogen and oxygen atoms in total. The van der Waals surface area contributed by atoms with E-state index in [1.807, 2.05) is 18.2 Å². The number of carboxylic acid groups (broad SMARTS) is 1. The Balaban J connectivity index is 2.35. The summed E-state index contributed by atoms with van der Waals surface area (Å²) in [6.45, 7) is 0. The second-order valence-corrected chi connectivity index (χ2v) is 5.23. The van der Waals surface area contributed by atoms with Gasteiger partial charge in [-0.25, -0.2) is 0 Å². The Morgan fingerprint density at radius 1 is 1.18 bits per heavy atom. The topological polar surface area (TPSA) is 55.8 Å². The van der Waals surface area contributed by atoms with E-state index in [0.29, 0.717) is 22.9 Å². The molecule has 0 aliphatic heterocycles. The quantitative estimate of drug-likeness (QED) is 0.880. The van der Waals surface area contributed by atoms with Crippen LogP contribution in [-0.2, 0) is 11.2 Å². The average molecular weight is 321 g/mol. The zero-order valence-electron chi connectivity index (χ0n) is 12.4. The highest BCUT2D eigenvalue weighted by Gasteiger charge is 2.21. The third-order valence-corrected chi connectivity index (χ3v) is 3.71. The summed E-state index contributed by atoms with van der Waals surface area (Å²) >= 11 is 6.17. The molecule has 1 unspecified atom stereocenters. The van der Waals surface area contributed by atoms with Gasteiger partial charge in [-0.05, 0) is 29.7 Å². The van der Waals surface area contributed by atoms with E-state index in [2.05, 4.69) is 0 Å². The summed E-state index contributed by atoms with van der Waals surface area (Å²) in [4.78, 5) is 11.6. The number of hydrogen-bond acceptors (Lipinski definition) is 3. The lowest BCUT2D eigenvalue weighted by Crippen LogP contribution is -2.14. The summed E-state index contributed by atoms with van der Waals surface area (Å²) in [6.07, 6.45) is 0.319. The highest BCUT2D eigenvalue weighted by atomic mass is 35.5. The molecule has 2 aromatic rings. The second-order valence-electron chi connectivity index (χ2n) is 4.82. The fraction of sp³-hybridized carbons (Fsp3) is 0.235. The van der Waals surface area contributed by atoms with Crippen LogP contribution in [0, 0.1) is 0 Å². The van der Waals surface area contributed by atoms with Crippen molar-refractivity contribution in [3.63, 3.8) is 0 Å². The van der Waals surface area contributed by atoms with Gasteiger partial charge < -0.3 is 14.6 Å². The first-order chi connectivity index (χ1) is 10.6. The van der Waals surface area contributed by atoms with Gasteiger partial charge in [0.1, 0.15) is 0 Å². The minimum atomic E-state index is -0.878. The van der Waals surface area contributed by atoms with Crippen molar-refractivity contribution >= 4 is 17.6 Å². The fourth-order valence-corrected chi connectivity index (χ4v) is 2.67. The van der Waals surface area contributed by atoms with Crippen LogP contribution in [0.15, 0.2) is 42.5 Å². The van der Waals surface area contributed by atoms with E-state index in [4.69, 9.17) is 21.1 Å². The maximum Gasteiger partial charge on any atom is 0.311 e. The number of rotatable bonds is 6. The predicted octanol–water partition coefficient (Wildman–Crippen LogP) is 3.77. The number of benzene rings is 2. The molecule has 0 aliphatic rings. The van der Waals surface area contributed by atoms with E-state index in [9.17, 15) is 9.90 Å². The van der Waals surface area contributed by atoms with Gasteiger partial charge in [0.05, 0.1) is 25.2 Å². The summed E-state index contributed by atoms with van der Waals surface area (Å²) in [7, 11) is 3.03. The van der Waals surface area contributed by atoms with Gasteiger partial charge >= 0.3 is 5.97 Å². The maximum absolute atomic E-state index is 11.6. The van der Waals surface area contributed by atoms with Crippen LogP contribution in [0.1, 0.15) is 17.0 Å². The van der Waals surface area contributed by atoms with Gasteiger partial charge in [-0.1, -0.05) is 41.9 Å². The molecule has 5 heteroatoms. The first kappa shape index (κ1) is 16.2. The lowest BCUT2D eigenvalue weighted by molar-refractivity contribution is -0.138. The van der Waals surface area contributed by atoms with Gasteiger partial charge in [0.2, 0.25) is 0 Å². The Labute approximate surface area is 134 Å². The zero-order chi connectivity index (χ0) is 16.1. The Hall–Kier alpha value is -2.20. The minimum absolute atomic E-state index is 0.319. The summed E-state index contributed by atoms with van der Waals surface area (Å²) in [5.74, 6) is -0.589. The summed E-state index contributed by atoms with van der Waals surface area (Å²) in [6, 6.07) is 12.6. The van der Waals surface area contributed by atoms with Crippen molar-refractivity contribution in [2.75, 3.05) is 14.2 Å². The van der Waals surface area contributed by atoms with Crippen molar-refractivity contribution in [3.05, 3.63) is 58.6 Å². The van der Waals surface area contributed by atoms with Crippen molar-refractivity contribution in [1.29, 1.82) is 0 Å². The Kier molecular flexibility index (Phi) is 5.28. The molecule has 0 saturated carbocycles. The third-order valence-electron chi connectivity index (χ3n) is 3.43. The first-order valence-corrected chi connectivity index (χ1v) is 7.12. The highest BCUT2D eigenvalue weighted by Crippen LogP contribution is 2.37. The van der Waals surface area contributed by atoms with Gasteiger partial charge in [-0.2, -0.15) is 0 Å². The lowest BCUT2D eigenvalue weighted by Gasteiger charge is -2.15. The molecule has 0 bridgehead atoms. The number of carbonyl (C=O) groups is 1. The van der Waals surface area contributed by atoms with Gasteiger partial charge in [-0.15, -0.1) is 0 Å². The van der Waals surface area contributed by atoms with Crippen LogP contribution in [0.3, 0.4) is 0 Å². The number of aliphatic carboxylic acids is 1. The Morgan fingerprint density at radius 3 is 2.41 bits per heavy atom. The smallest absolute Gasteiger partial charge is 0.311 e. The monoisotopic (exact) mass is 320 g/mol. The molecule has 1 N–H and O–H groups in total. The van der Waals surface area contributed by atoms with Crippen molar-refractivity contribution in [3.8, 4) is 11.5 Å². The molecule has 0 radical (unpaired) electrons. The molecule has 116 valence electrons. The molecule has 0 saturated heterocycles. The Morgan fingerprint density at radius 2 is 1.86 bits per heavy atom. The van der Waals surface area contributed by atoms with E-state index in [1.165, 1.54) is 14.2 Å². The molecule has 0 aromatic heterocycles. The predicted molar refractivity (Wildman–Crippen MR) is 85.1 cm³/mol. The molecule has 1 atom stereocenters. The van der Waals surface area contributed by atoms with Crippen LogP contribution in [0.25, 0.3) is 0 Å². The van der Waals surface area contributed by atoms with Crippen LogP contribution in [-0.4, -0.2) is 25.3 Å². The van der Waals surface area contributed by atoms with E-state index in [1.54, 1.807) is 24.3 Å². The molecule has 2 rings (SSSR count). The molecule has 22 heavy (non-hydrogen) atoms. The zero-order valence-corrected chi connectivity index (χ0v) is 13.1. The highest BCUT2D eigenvalue weighted by molar-refractivity contribution is 6.32. The van der Waals surface area contributed by atoms with E-state index in [-0.39, 0.29) is 0 Å². The van der Waals surface area contributed by atoms with Crippen LogP contribution in [0.2, 0.25) is 5.02 Å². The SMILES string of the molecule is COc1cc(CC(C(=O)O)c2ccccc2)cc(Cl)c1OC. The summed E-state index contributed by atoms with van der Waals surface area (Å²) in [5.41, 5.74) is 1.53. The number of halogens is 1. The second kappa shape index (κ2) is 7.18. The average Bonchev–Trinajstić information content (AvgIpc) is 2.52. The maximum atomic E-state index is 11.6. The van der Waals surface area contributed by atoms with Crippen molar-refractivity contribution in [1.82, 2.24) is 0 Å². The minimum Gasteiger partial charge on any atom is -0.493 e. The molecule has 0 heterocycles. The molecule has 0 amide bonds. The number of carboxylic acids is 1. The van der Waals surface area contributed by atoms with Gasteiger partial charge in [0, 0.05) is 0 Å². The fourth-order valence-electron chi connectivity index (χ4n) is 2.36. The van der Waals surface area contributed by atoms with Crippen LogP contribution in [0.5, 0.6) is 11.5 Å². The van der Waals surface area contributed by atoms with Crippen molar-refractivity contribution in [2.45, 2.75) is 12.3 Å². The van der Waals surface area contributed by atoms with E-state index < -0.39 is 11.9 Å². The normalized spacial score (nSPS) is 11.8. The molecule has 0 aliphatic carbocycles. The standard InChI is InChI=1S/C17H17ClO4/c1-21-15-10-11(9-14(18)16(15)22-2)8-13(17(19)20)12-6-4-3-5-7-12/h3-7,9-10,13H,8H2,1-2H3,(H,19,20). The van der Waals surface area contributed by atoms with E-state index in [0.717, 1.165) is 11.1 Å². The van der Waals surface area contributed by atoms with Crippen LogP contribution < -0.4 is 9.47 Å². The molecule has 2 aromatic carbocycles. The van der Waals surface area contributed by atoms with Crippen molar-refractivity contribution in [2.24, 2.45) is 0 Å². The largest absolute Gasteiger partial charge is 0.493 e. The number of ether oxygens (including phenoxy) is 2. The Bertz CT molecular complexity index is 655. The van der Waals surface area contributed by atoms with Gasteiger partial charge in [-0.3, -0.25) is 4.79 Å². The summed E-state index contributed by atoms with van der Waals surface area (Å²) < 4.78 is 10.4. The number of methoxy groups -OCH3 is 2. The lowest BCUT2D eigenvalue weighted by atomic mass is 9.92. The third kappa shape index (κ3) is 3.52.